The quantitative estimate of drug-likeness (QED) is 0.605. The molecular formula is C9H13N3O4. The number of aliphatic carboxylic acids is 1. The lowest BCUT2D eigenvalue weighted by atomic mass is 9.93. The number of imidazole rings is 1. The first-order valence-corrected chi connectivity index (χ1v) is 4.90. The van der Waals surface area contributed by atoms with Crippen molar-refractivity contribution in [3.8, 4) is 0 Å². The van der Waals surface area contributed by atoms with Crippen LogP contribution in [0.5, 0.6) is 0 Å². The van der Waals surface area contributed by atoms with E-state index < -0.39 is 16.4 Å². The average molecular weight is 227 g/mol. The van der Waals surface area contributed by atoms with Crippen LogP contribution in [0.4, 0.5) is 5.82 Å². The van der Waals surface area contributed by atoms with Crippen LogP contribution in [0.2, 0.25) is 0 Å². The van der Waals surface area contributed by atoms with Crippen molar-refractivity contribution in [1.82, 2.24) is 9.55 Å². The smallest absolute Gasteiger partial charge is 0.381 e. The van der Waals surface area contributed by atoms with Crippen LogP contribution in [0.25, 0.3) is 0 Å². The molecular weight excluding hydrogens is 214 g/mol. The van der Waals surface area contributed by atoms with Crippen LogP contribution in [0.3, 0.4) is 0 Å². The third kappa shape index (κ3) is 1.75. The number of carbonyl (C=O) groups is 1. The molecule has 0 radical (unpaired) electrons. The number of nitro groups is 1. The topological polar surface area (TPSA) is 98.3 Å². The Kier molecular flexibility index (Phi) is 3.26. The maximum absolute atomic E-state index is 11.2. The molecule has 88 valence electrons. The number of carboxylic acid groups (broad SMARTS) is 1. The molecule has 16 heavy (non-hydrogen) atoms. The summed E-state index contributed by atoms with van der Waals surface area (Å²) in [5.41, 5.74) is -1.15. The van der Waals surface area contributed by atoms with Crippen LogP contribution in [0, 0.1) is 10.1 Å². The number of hydrogen-bond acceptors (Lipinski definition) is 4. The van der Waals surface area contributed by atoms with E-state index in [9.17, 15) is 20.0 Å². The fraction of sp³-hybridized carbons (Fsp3) is 0.556. The average Bonchev–Trinajstić information content (AvgIpc) is 2.70. The summed E-state index contributed by atoms with van der Waals surface area (Å²) in [4.78, 5) is 24.6. The van der Waals surface area contributed by atoms with Crippen molar-refractivity contribution in [2.24, 2.45) is 0 Å². The summed E-state index contributed by atoms with van der Waals surface area (Å²) in [5.74, 6) is -1.35. The molecule has 0 aliphatic heterocycles. The standard InChI is InChI=1S/C9H13N3O4/c1-3-9(4-2,8(13)14)11-5-7(10-6-11)12(15)16/h5-6H,3-4H2,1-2H3,(H,13,14). The highest BCUT2D eigenvalue weighted by molar-refractivity contribution is 5.76. The predicted molar refractivity (Wildman–Crippen MR) is 55.1 cm³/mol. The summed E-state index contributed by atoms with van der Waals surface area (Å²) in [7, 11) is 0. The van der Waals surface area contributed by atoms with Gasteiger partial charge in [0, 0.05) is 0 Å². The Morgan fingerprint density at radius 1 is 1.62 bits per heavy atom. The third-order valence-electron chi connectivity index (χ3n) is 2.82. The van der Waals surface area contributed by atoms with Gasteiger partial charge in [-0.2, -0.15) is 0 Å². The second kappa shape index (κ2) is 4.30. The zero-order chi connectivity index (χ0) is 12.3. The lowest BCUT2D eigenvalue weighted by molar-refractivity contribution is -0.389. The number of carboxylic acids is 1. The van der Waals surface area contributed by atoms with Crippen LogP contribution in [-0.2, 0) is 10.3 Å². The van der Waals surface area contributed by atoms with Gasteiger partial charge in [-0.3, -0.25) is 4.57 Å². The fourth-order valence-corrected chi connectivity index (χ4v) is 1.67. The Hall–Kier alpha value is -1.92. The van der Waals surface area contributed by atoms with Gasteiger partial charge < -0.3 is 15.2 Å². The molecule has 1 aromatic heterocycles. The zero-order valence-electron chi connectivity index (χ0n) is 9.08. The maximum Gasteiger partial charge on any atom is 0.381 e. The second-order valence-electron chi connectivity index (χ2n) is 3.44. The van der Waals surface area contributed by atoms with E-state index in [-0.39, 0.29) is 5.82 Å². The number of nitrogens with zero attached hydrogens (tertiary/aromatic N) is 3. The van der Waals surface area contributed by atoms with E-state index in [0.29, 0.717) is 12.8 Å². The molecule has 0 bridgehead atoms. The van der Waals surface area contributed by atoms with Crippen LogP contribution in [-0.4, -0.2) is 25.6 Å². The van der Waals surface area contributed by atoms with Crippen molar-refractivity contribution in [3.63, 3.8) is 0 Å². The van der Waals surface area contributed by atoms with Gasteiger partial charge in [-0.15, -0.1) is 0 Å². The van der Waals surface area contributed by atoms with Crippen molar-refractivity contribution in [2.75, 3.05) is 0 Å². The summed E-state index contributed by atoms with van der Waals surface area (Å²) >= 11 is 0. The SMILES string of the molecule is CCC(CC)(C(=O)O)n1cnc([N+](=O)[O-])c1. The first-order valence-electron chi connectivity index (χ1n) is 4.90. The molecule has 0 aliphatic carbocycles. The Labute approximate surface area is 91.9 Å². The number of rotatable bonds is 5. The number of aromatic nitrogens is 2. The molecule has 1 heterocycles. The molecule has 7 nitrogen and oxygen atoms in total. The molecule has 1 N–H and O–H groups in total. The van der Waals surface area contributed by atoms with Crippen LogP contribution >= 0.6 is 0 Å². The summed E-state index contributed by atoms with van der Waals surface area (Å²) in [5, 5.41) is 19.7. The van der Waals surface area contributed by atoms with E-state index >= 15 is 0 Å². The van der Waals surface area contributed by atoms with Crippen molar-refractivity contribution < 1.29 is 14.8 Å². The lowest BCUT2D eigenvalue weighted by Gasteiger charge is -2.26. The van der Waals surface area contributed by atoms with Gasteiger partial charge in [0.25, 0.3) is 0 Å². The Morgan fingerprint density at radius 3 is 2.50 bits per heavy atom. The molecule has 0 saturated carbocycles. The second-order valence-corrected chi connectivity index (χ2v) is 3.44. The molecule has 0 spiro atoms. The van der Waals surface area contributed by atoms with Gasteiger partial charge in [0.05, 0.1) is 0 Å². The predicted octanol–water partition coefficient (Wildman–Crippen LogP) is 1.39. The molecule has 1 aromatic rings. The van der Waals surface area contributed by atoms with Gasteiger partial charge in [-0.05, 0) is 22.7 Å². The van der Waals surface area contributed by atoms with Gasteiger partial charge >= 0.3 is 11.8 Å². The normalized spacial score (nSPS) is 11.4. The highest BCUT2D eigenvalue weighted by atomic mass is 16.6. The van der Waals surface area contributed by atoms with E-state index in [0.717, 1.165) is 6.20 Å². The summed E-state index contributed by atoms with van der Waals surface area (Å²) < 4.78 is 1.30. The minimum absolute atomic E-state index is 0.340. The van der Waals surface area contributed by atoms with Crippen LogP contribution in [0.15, 0.2) is 12.5 Å². The summed E-state index contributed by atoms with van der Waals surface area (Å²) in [6.07, 6.45) is 3.03. The molecule has 1 rings (SSSR count). The molecule has 7 heteroatoms. The van der Waals surface area contributed by atoms with Gasteiger partial charge in [0.2, 0.25) is 6.33 Å². The molecule has 0 aromatic carbocycles. The van der Waals surface area contributed by atoms with E-state index in [1.54, 1.807) is 13.8 Å². The Balaban J connectivity index is 3.21. The van der Waals surface area contributed by atoms with E-state index in [2.05, 4.69) is 4.98 Å². The lowest BCUT2D eigenvalue weighted by Crippen LogP contribution is -2.40. The Bertz CT molecular complexity index is 409. The minimum Gasteiger partial charge on any atom is -0.479 e. The molecule has 0 atom stereocenters. The zero-order valence-corrected chi connectivity index (χ0v) is 9.08. The first-order chi connectivity index (χ1) is 7.47. The minimum atomic E-state index is -1.15. The first kappa shape index (κ1) is 12.2. The van der Waals surface area contributed by atoms with Crippen molar-refractivity contribution >= 4 is 11.8 Å². The van der Waals surface area contributed by atoms with Crippen molar-refractivity contribution in [2.45, 2.75) is 32.2 Å². The maximum atomic E-state index is 11.2. The largest absolute Gasteiger partial charge is 0.479 e. The van der Waals surface area contributed by atoms with Gasteiger partial charge in [-0.1, -0.05) is 13.8 Å². The molecule has 0 saturated heterocycles. The molecule has 0 amide bonds. The third-order valence-corrected chi connectivity index (χ3v) is 2.82. The van der Waals surface area contributed by atoms with Crippen molar-refractivity contribution in [3.05, 3.63) is 22.6 Å². The van der Waals surface area contributed by atoms with E-state index in [1.165, 1.54) is 10.9 Å². The van der Waals surface area contributed by atoms with Crippen LogP contribution in [0.1, 0.15) is 26.7 Å². The van der Waals surface area contributed by atoms with Gasteiger partial charge in [0.1, 0.15) is 11.7 Å². The monoisotopic (exact) mass is 227 g/mol. The molecule has 0 fully saturated rings. The van der Waals surface area contributed by atoms with E-state index in [1.807, 2.05) is 0 Å². The van der Waals surface area contributed by atoms with Gasteiger partial charge in [-0.25, -0.2) is 4.79 Å². The molecule has 0 aliphatic rings. The highest BCUT2D eigenvalue weighted by Crippen LogP contribution is 2.27. The number of hydrogen-bond donors (Lipinski definition) is 1. The Morgan fingerprint density at radius 2 is 2.19 bits per heavy atom. The van der Waals surface area contributed by atoms with Crippen LogP contribution < -0.4 is 0 Å². The highest BCUT2D eigenvalue weighted by Gasteiger charge is 2.38. The van der Waals surface area contributed by atoms with Gasteiger partial charge in [0.15, 0.2) is 0 Å². The fourth-order valence-electron chi connectivity index (χ4n) is 1.67. The van der Waals surface area contributed by atoms with Crippen molar-refractivity contribution in [1.29, 1.82) is 0 Å². The summed E-state index contributed by atoms with van der Waals surface area (Å²) in [6.45, 7) is 3.45. The summed E-state index contributed by atoms with van der Waals surface area (Å²) in [6, 6.07) is 0. The molecule has 0 unspecified atom stereocenters. The van der Waals surface area contributed by atoms with E-state index in [4.69, 9.17) is 0 Å².